The zero-order valence-corrected chi connectivity index (χ0v) is 12.2. The van der Waals surface area contributed by atoms with Gasteiger partial charge < -0.3 is 11.1 Å². The van der Waals surface area contributed by atoms with Crippen molar-refractivity contribution < 1.29 is 4.79 Å². The fourth-order valence-corrected chi connectivity index (χ4v) is 2.34. The van der Waals surface area contributed by atoms with Crippen molar-refractivity contribution >= 4 is 34.8 Å². The number of nitrogens with one attached hydrogen (secondary N) is 1. The molecule has 2 rings (SSSR count). The molecule has 104 valence electrons. The normalized spacial score (nSPS) is 12.0. The van der Waals surface area contributed by atoms with Crippen molar-refractivity contribution in [3.8, 4) is 0 Å². The maximum absolute atomic E-state index is 12.1. The van der Waals surface area contributed by atoms with Crippen LogP contribution in [0, 0.1) is 6.92 Å². The second-order valence-corrected chi connectivity index (χ2v) is 5.05. The first kappa shape index (κ1) is 14.8. The van der Waals surface area contributed by atoms with Crippen LogP contribution in [0.5, 0.6) is 0 Å². The SMILES string of the molecule is Cc1cc(Cl)nc(Cl)c1NC(=O)[C@H](N)c1ccccc1. The summed E-state index contributed by atoms with van der Waals surface area (Å²) in [6.07, 6.45) is 0. The number of hydrogen-bond donors (Lipinski definition) is 2. The van der Waals surface area contributed by atoms with E-state index in [1.165, 1.54) is 0 Å². The van der Waals surface area contributed by atoms with Crippen molar-refractivity contribution in [1.82, 2.24) is 4.98 Å². The van der Waals surface area contributed by atoms with Crippen molar-refractivity contribution in [3.63, 3.8) is 0 Å². The summed E-state index contributed by atoms with van der Waals surface area (Å²) in [6, 6.07) is 9.93. The summed E-state index contributed by atoms with van der Waals surface area (Å²) in [6.45, 7) is 1.78. The molecule has 0 radical (unpaired) electrons. The molecule has 1 heterocycles. The van der Waals surface area contributed by atoms with E-state index in [9.17, 15) is 4.79 Å². The van der Waals surface area contributed by atoms with Crippen LogP contribution in [0.2, 0.25) is 10.3 Å². The second kappa shape index (κ2) is 6.22. The minimum Gasteiger partial charge on any atom is -0.322 e. The number of amides is 1. The van der Waals surface area contributed by atoms with Gasteiger partial charge in [-0.15, -0.1) is 0 Å². The van der Waals surface area contributed by atoms with Crippen LogP contribution in [0.1, 0.15) is 17.2 Å². The second-order valence-electron chi connectivity index (χ2n) is 4.31. The third kappa shape index (κ3) is 3.28. The lowest BCUT2D eigenvalue weighted by atomic mass is 10.1. The van der Waals surface area contributed by atoms with Gasteiger partial charge in [0, 0.05) is 0 Å². The third-order valence-corrected chi connectivity index (χ3v) is 3.30. The predicted molar refractivity (Wildman–Crippen MR) is 81.0 cm³/mol. The number of nitrogens with two attached hydrogens (primary N) is 1. The van der Waals surface area contributed by atoms with E-state index in [1.807, 2.05) is 18.2 Å². The Kier molecular flexibility index (Phi) is 4.60. The van der Waals surface area contributed by atoms with E-state index in [0.717, 1.165) is 11.1 Å². The topological polar surface area (TPSA) is 68.0 Å². The number of rotatable bonds is 3. The van der Waals surface area contributed by atoms with E-state index in [1.54, 1.807) is 25.1 Å². The molecule has 1 aromatic carbocycles. The van der Waals surface area contributed by atoms with E-state index < -0.39 is 6.04 Å². The highest BCUT2D eigenvalue weighted by Gasteiger charge is 2.18. The van der Waals surface area contributed by atoms with Crippen LogP contribution in [-0.2, 0) is 4.79 Å². The molecule has 1 aromatic heterocycles. The zero-order chi connectivity index (χ0) is 14.7. The fraction of sp³-hybridized carbons (Fsp3) is 0.143. The molecular weight excluding hydrogens is 297 g/mol. The summed E-state index contributed by atoms with van der Waals surface area (Å²) in [5.74, 6) is -0.356. The number of aryl methyl sites for hydroxylation is 1. The average molecular weight is 310 g/mol. The van der Waals surface area contributed by atoms with Crippen LogP contribution in [-0.4, -0.2) is 10.9 Å². The first-order valence-electron chi connectivity index (χ1n) is 5.93. The molecule has 0 fully saturated rings. The number of carbonyl (C=O) groups excluding carboxylic acids is 1. The van der Waals surface area contributed by atoms with Gasteiger partial charge in [0.05, 0.1) is 5.69 Å². The number of carbonyl (C=O) groups is 1. The van der Waals surface area contributed by atoms with E-state index in [4.69, 9.17) is 28.9 Å². The Balaban J connectivity index is 2.20. The summed E-state index contributed by atoms with van der Waals surface area (Å²) < 4.78 is 0. The molecule has 20 heavy (non-hydrogen) atoms. The largest absolute Gasteiger partial charge is 0.322 e. The monoisotopic (exact) mass is 309 g/mol. The van der Waals surface area contributed by atoms with Crippen molar-refractivity contribution in [1.29, 1.82) is 0 Å². The van der Waals surface area contributed by atoms with Crippen LogP contribution in [0.3, 0.4) is 0 Å². The van der Waals surface area contributed by atoms with E-state index in [-0.39, 0.29) is 16.2 Å². The Morgan fingerprint density at radius 1 is 1.30 bits per heavy atom. The summed E-state index contributed by atoms with van der Waals surface area (Å²) in [4.78, 5) is 16.0. The average Bonchev–Trinajstić information content (AvgIpc) is 2.42. The molecular formula is C14H13Cl2N3O. The minimum atomic E-state index is -0.776. The Morgan fingerprint density at radius 3 is 2.55 bits per heavy atom. The predicted octanol–water partition coefficient (Wildman–Crippen LogP) is 3.34. The Hall–Kier alpha value is -1.62. The molecule has 0 saturated heterocycles. The van der Waals surface area contributed by atoms with Gasteiger partial charge >= 0.3 is 0 Å². The minimum absolute atomic E-state index is 0.142. The maximum atomic E-state index is 12.1. The van der Waals surface area contributed by atoms with Gasteiger partial charge in [0.15, 0.2) is 5.15 Å². The lowest BCUT2D eigenvalue weighted by Crippen LogP contribution is -2.28. The number of halogens is 2. The smallest absolute Gasteiger partial charge is 0.245 e. The van der Waals surface area contributed by atoms with Gasteiger partial charge in [0.1, 0.15) is 11.2 Å². The molecule has 3 N–H and O–H groups in total. The number of pyridine rings is 1. The summed E-state index contributed by atoms with van der Waals surface area (Å²) in [5.41, 5.74) is 7.79. The van der Waals surface area contributed by atoms with Gasteiger partial charge in [-0.05, 0) is 24.1 Å². The Bertz CT molecular complexity index is 609. The molecule has 4 nitrogen and oxygen atoms in total. The molecule has 1 amide bonds. The lowest BCUT2D eigenvalue weighted by molar-refractivity contribution is -0.117. The highest BCUT2D eigenvalue weighted by molar-refractivity contribution is 6.34. The molecule has 0 unspecified atom stereocenters. The fourth-order valence-electron chi connectivity index (χ4n) is 1.76. The molecule has 1 atom stereocenters. The van der Waals surface area contributed by atoms with Crippen LogP contribution >= 0.6 is 23.2 Å². The molecule has 2 aromatic rings. The quantitative estimate of drug-likeness (QED) is 0.854. The third-order valence-electron chi connectivity index (χ3n) is 2.83. The maximum Gasteiger partial charge on any atom is 0.245 e. The van der Waals surface area contributed by atoms with Gasteiger partial charge in [0.25, 0.3) is 0 Å². The molecule has 0 spiro atoms. The summed E-state index contributed by atoms with van der Waals surface area (Å²) >= 11 is 11.8. The number of nitrogens with zero attached hydrogens (tertiary/aromatic N) is 1. The van der Waals surface area contributed by atoms with Crippen molar-refractivity contribution in [2.24, 2.45) is 5.73 Å². The standard InChI is InChI=1S/C14H13Cl2N3O/c1-8-7-10(15)18-13(16)12(8)19-14(20)11(17)9-5-3-2-4-6-9/h2-7,11H,17H2,1H3,(H,19,20)/t11-/m1/s1. The highest BCUT2D eigenvalue weighted by Crippen LogP contribution is 2.27. The zero-order valence-electron chi connectivity index (χ0n) is 10.7. The van der Waals surface area contributed by atoms with Crippen molar-refractivity contribution in [2.45, 2.75) is 13.0 Å². The molecule has 0 saturated carbocycles. The Morgan fingerprint density at radius 2 is 1.95 bits per heavy atom. The van der Waals surface area contributed by atoms with Crippen LogP contribution in [0.15, 0.2) is 36.4 Å². The first-order valence-corrected chi connectivity index (χ1v) is 6.68. The van der Waals surface area contributed by atoms with Gasteiger partial charge in [-0.1, -0.05) is 53.5 Å². The molecule has 0 aliphatic rings. The van der Waals surface area contributed by atoms with Crippen LogP contribution < -0.4 is 11.1 Å². The molecule has 0 bridgehead atoms. The van der Waals surface area contributed by atoms with E-state index in [0.29, 0.717) is 5.69 Å². The number of benzene rings is 1. The number of anilines is 1. The van der Waals surface area contributed by atoms with Crippen molar-refractivity contribution in [2.75, 3.05) is 5.32 Å². The van der Waals surface area contributed by atoms with Gasteiger partial charge in [0.2, 0.25) is 5.91 Å². The van der Waals surface area contributed by atoms with Crippen LogP contribution in [0.25, 0.3) is 0 Å². The highest BCUT2D eigenvalue weighted by atomic mass is 35.5. The van der Waals surface area contributed by atoms with Gasteiger partial charge in [-0.3, -0.25) is 4.79 Å². The van der Waals surface area contributed by atoms with Crippen molar-refractivity contribution in [3.05, 3.63) is 57.8 Å². The summed E-state index contributed by atoms with van der Waals surface area (Å²) in [7, 11) is 0. The van der Waals surface area contributed by atoms with Gasteiger partial charge in [-0.25, -0.2) is 4.98 Å². The Labute approximate surface area is 126 Å². The number of hydrogen-bond acceptors (Lipinski definition) is 3. The lowest BCUT2D eigenvalue weighted by Gasteiger charge is -2.15. The molecule has 6 heteroatoms. The molecule has 0 aliphatic carbocycles. The molecule has 0 aliphatic heterocycles. The van der Waals surface area contributed by atoms with E-state index in [2.05, 4.69) is 10.3 Å². The van der Waals surface area contributed by atoms with E-state index >= 15 is 0 Å². The van der Waals surface area contributed by atoms with Crippen LogP contribution in [0.4, 0.5) is 5.69 Å². The number of aromatic nitrogens is 1. The van der Waals surface area contributed by atoms with Gasteiger partial charge in [-0.2, -0.15) is 0 Å². The first-order chi connectivity index (χ1) is 9.49. The summed E-state index contributed by atoms with van der Waals surface area (Å²) in [5, 5.41) is 3.10.